The molecule has 0 amide bonds. The number of benzene rings is 1. The van der Waals surface area contributed by atoms with Crippen LogP contribution in [0.15, 0.2) is 29.2 Å². The molecule has 5 heteroatoms. The molecule has 1 aromatic rings. The maximum Gasteiger partial charge on any atom is 0.241 e. The average molecular weight is 264 g/mol. The Morgan fingerprint density at radius 1 is 1.33 bits per heavy atom. The topological polar surface area (TPSA) is 72.2 Å². The molecule has 0 radical (unpaired) electrons. The minimum absolute atomic E-state index is 0.212. The van der Waals surface area contributed by atoms with Gasteiger partial charge in [-0.1, -0.05) is 24.0 Å². The van der Waals surface area contributed by atoms with Crippen LogP contribution in [0.25, 0.3) is 0 Å². The monoisotopic (exact) mass is 264 g/mol. The van der Waals surface area contributed by atoms with Gasteiger partial charge in [-0.05, 0) is 30.9 Å². The molecule has 0 bridgehead atoms. The highest BCUT2D eigenvalue weighted by atomic mass is 32.2. The second kappa shape index (κ2) is 5.53. The van der Waals surface area contributed by atoms with E-state index in [1.54, 1.807) is 24.3 Å². The quantitative estimate of drug-likeness (QED) is 0.786. The van der Waals surface area contributed by atoms with Gasteiger partial charge in [-0.3, -0.25) is 0 Å². The van der Waals surface area contributed by atoms with E-state index in [1.165, 1.54) is 0 Å². The Hall–Kier alpha value is -1.35. The number of sulfonamides is 1. The third kappa shape index (κ3) is 3.33. The van der Waals surface area contributed by atoms with Gasteiger partial charge in [-0.25, -0.2) is 13.1 Å². The van der Waals surface area contributed by atoms with Crippen LogP contribution in [0.3, 0.4) is 0 Å². The SMILES string of the molecule is NCC#Cc1ccccc1S(=O)(=O)NCC1CC1. The Kier molecular flexibility index (Phi) is 4.02. The van der Waals surface area contributed by atoms with Crippen LogP contribution in [-0.2, 0) is 10.0 Å². The fraction of sp³-hybridized carbons (Fsp3) is 0.385. The molecule has 0 aromatic heterocycles. The van der Waals surface area contributed by atoms with Crippen molar-refractivity contribution < 1.29 is 8.42 Å². The Morgan fingerprint density at radius 2 is 2.06 bits per heavy atom. The van der Waals surface area contributed by atoms with E-state index in [-0.39, 0.29) is 11.4 Å². The van der Waals surface area contributed by atoms with Gasteiger partial charge in [0.05, 0.1) is 11.4 Å². The summed E-state index contributed by atoms with van der Waals surface area (Å²) in [4.78, 5) is 0.228. The lowest BCUT2D eigenvalue weighted by Crippen LogP contribution is -2.26. The molecule has 1 aliphatic carbocycles. The van der Waals surface area contributed by atoms with Gasteiger partial charge in [0.2, 0.25) is 10.0 Å². The van der Waals surface area contributed by atoms with Gasteiger partial charge in [-0.15, -0.1) is 0 Å². The van der Waals surface area contributed by atoms with Gasteiger partial charge in [0.25, 0.3) is 0 Å². The second-order valence-corrected chi connectivity index (χ2v) is 6.03. The van der Waals surface area contributed by atoms with Gasteiger partial charge in [0, 0.05) is 12.1 Å². The third-order valence-electron chi connectivity index (χ3n) is 2.76. The summed E-state index contributed by atoms with van der Waals surface area (Å²) in [6.45, 7) is 0.727. The first-order valence-electron chi connectivity index (χ1n) is 5.91. The van der Waals surface area contributed by atoms with E-state index >= 15 is 0 Å². The van der Waals surface area contributed by atoms with Gasteiger partial charge in [0.15, 0.2) is 0 Å². The zero-order valence-corrected chi connectivity index (χ0v) is 10.8. The summed E-state index contributed by atoms with van der Waals surface area (Å²) >= 11 is 0. The van der Waals surface area contributed by atoms with Gasteiger partial charge >= 0.3 is 0 Å². The highest BCUT2D eigenvalue weighted by molar-refractivity contribution is 7.89. The first-order valence-corrected chi connectivity index (χ1v) is 7.39. The van der Waals surface area contributed by atoms with Gasteiger partial charge in [-0.2, -0.15) is 0 Å². The Balaban J connectivity index is 2.24. The van der Waals surface area contributed by atoms with Crippen LogP contribution < -0.4 is 10.5 Å². The summed E-state index contributed by atoms with van der Waals surface area (Å²) in [5, 5.41) is 0. The van der Waals surface area contributed by atoms with Crippen molar-refractivity contribution >= 4 is 10.0 Å². The van der Waals surface area contributed by atoms with Crippen LogP contribution in [0.2, 0.25) is 0 Å². The zero-order valence-electron chi connectivity index (χ0n) is 10.0. The van der Waals surface area contributed by atoms with Crippen molar-refractivity contribution in [1.82, 2.24) is 4.72 Å². The van der Waals surface area contributed by atoms with Crippen molar-refractivity contribution in [3.05, 3.63) is 29.8 Å². The molecule has 3 N–H and O–H groups in total. The molecular formula is C13H16N2O2S. The maximum absolute atomic E-state index is 12.1. The van der Waals surface area contributed by atoms with E-state index in [9.17, 15) is 8.42 Å². The summed E-state index contributed by atoms with van der Waals surface area (Å²) in [6.07, 6.45) is 2.22. The van der Waals surface area contributed by atoms with Crippen LogP contribution in [-0.4, -0.2) is 21.5 Å². The number of nitrogens with two attached hydrogens (primary N) is 1. The normalized spacial score (nSPS) is 14.9. The lowest BCUT2D eigenvalue weighted by Gasteiger charge is -2.07. The molecule has 1 aliphatic rings. The fourth-order valence-corrected chi connectivity index (χ4v) is 2.85. The van der Waals surface area contributed by atoms with Crippen molar-refractivity contribution in [2.45, 2.75) is 17.7 Å². The fourth-order valence-electron chi connectivity index (χ4n) is 1.58. The molecule has 1 fully saturated rings. The molecule has 4 nitrogen and oxygen atoms in total. The number of hydrogen-bond acceptors (Lipinski definition) is 3. The lowest BCUT2D eigenvalue weighted by atomic mass is 10.2. The largest absolute Gasteiger partial charge is 0.320 e. The van der Waals surface area contributed by atoms with E-state index in [0.717, 1.165) is 12.8 Å². The standard InChI is InChI=1S/C13H16N2O2S/c14-9-3-5-12-4-1-2-6-13(12)18(16,17)15-10-11-7-8-11/h1-2,4,6,11,15H,7-10,14H2. The summed E-state index contributed by atoms with van der Waals surface area (Å²) in [7, 11) is -3.47. The summed E-state index contributed by atoms with van der Waals surface area (Å²) in [5.41, 5.74) is 5.80. The molecule has 18 heavy (non-hydrogen) atoms. The molecule has 0 unspecified atom stereocenters. The van der Waals surface area contributed by atoms with E-state index in [4.69, 9.17) is 5.73 Å². The van der Waals surface area contributed by atoms with Crippen molar-refractivity contribution in [1.29, 1.82) is 0 Å². The minimum atomic E-state index is -3.47. The van der Waals surface area contributed by atoms with Crippen LogP contribution in [0.4, 0.5) is 0 Å². The van der Waals surface area contributed by atoms with E-state index in [1.807, 2.05) is 0 Å². The molecule has 96 valence electrons. The summed E-state index contributed by atoms with van der Waals surface area (Å²) in [5.74, 6) is 5.97. The zero-order chi connectivity index (χ0) is 13.0. The Bertz CT molecular complexity index is 580. The van der Waals surface area contributed by atoms with Crippen molar-refractivity contribution in [3.63, 3.8) is 0 Å². The smallest absolute Gasteiger partial charge is 0.241 e. The molecule has 0 spiro atoms. The maximum atomic E-state index is 12.1. The molecule has 0 atom stereocenters. The highest BCUT2D eigenvalue weighted by Crippen LogP contribution is 2.28. The first-order chi connectivity index (χ1) is 8.63. The van der Waals surface area contributed by atoms with E-state index in [0.29, 0.717) is 18.0 Å². The minimum Gasteiger partial charge on any atom is -0.320 e. The molecule has 0 heterocycles. The first kappa shape index (κ1) is 13.1. The molecular weight excluding hydrogens is 248 g/mol. The van der Waals surface area contributed by atoms with Crippen LogP contribution in [0.1, 0.15) is 18.4 Å². The number of rotatable bonds is 4. The third-order valence-corrected chi connectivity index (χ3v) is 4.24. The number of hydrogen-bond donors (Lipinski definition) is 2. The Morgan fingerprint density at radius 3 is 2.72 bits per heavy atom. The van der Waals surface area contributed by atoms with Crippen molar-refractivity contribution in [2.75, 3.05) is 13.1 Å². The van der Waals surface area contributed by atoms with Crippen LogP contribution in [0.5, 0.6) is 0 Å². The van der Waals surface area contributed by atoms with Gasteiger partial charge in [0.1, 0.15) is 0 Å². The highest BCUT2D eigenvalue weighted by Gasteiger charge is 2.25. The summed E-state index contributed by atoms with van der Waals surface area (Å²) in [6, 6.07) is 6.71. The Labute approximate surface area is 108 Å². The average Bonchev–Trinajstić information content (AvgIpc) is 3.18. The molecule has 0 aliphatic heterocycles. The van der Waals surface area contributed by atoms with Crippen molar-refractivity contribution in [2.24, 2.45) is 11.7 Å². The molecule has 0 saturated heterocycles. The van der Waals surface area contributed by atoms with Crippen LogP contribution in [0, 0.1) is 17.8 Å². The van der Waals surface area contributed by atoms with E-state index < -0.39 is 10.0 Å². The summed E-state index contributed by atoms with van der Waals surface area (Å²) < 4.78 is 26.9. The number of nitrogens with one attached hydrogen (secondary N) is 1. The van der Waals surface area contributed by atoms with Crippen molar-refractivity contribution in [3.8, 4) is 11.8 Å². The van der Waals surface area contributed by atoms with Gasteiger partial charge < -0.3 is 5.73 Å². The van der Waals surface area contributed by atoms with E-state index in [2.05, 4.69) is 16.6 Å². The predicted octanol–water partition coefficient (Wildman–Crippen LogP) is 0.685. The molecule has 2 rings (SSSR count). The molecule has 1 saturated carbocycles. The molecule has 1 aromatic carbocycles. The predicted molar refractivity (Wildman–Crippen MR) is 70.3 cm³/mol. The van der Waals surface area contributed by atoms with Crippen LogP contribution >= 0.6 is 0 Å². The lowest BCUT2D eigenvalue weighted by molar-refractivity contribution is 0.577. The second-order valence-electron chi connectivity index (χ2n) is 4.30.